The van der Waals surface area contributed by atoms with Crippen molar-refractivity contribution < 1.29 is 4.39 Å². The van der Waals surface area contributed by atoms with Crippen LogP contribution in [0.2, 0.25) is 0 Å². The van der Waals surface area contributed by atoms with Gasteiger partial charge in [0.1, 0.15) is 5.82 Å². The lowest BCUT2D eigenvalue weighted by atomic mass is 10.0. The van der Waals surface area contributed by atoms with Gasteiger partial charge in [-0.1, -0.05) is 42.0 Å². The van der Waals surface area contributed by atoms with Crippen LogP contribution >= 0.6 is 0 Å². The van der Waals surface area contributed by atoms with Crippen LogP contribution in [0.4, 0.5) is 4.39 Å². The van der Waals surface area contributed by atoms with Crippen LogP contribution in [0.15, 0.2) is 54.6 Å². The van der Waals surface area contributed by atoms with E-state index in [-0.39, 0.29) is 5.82 Å². The van der Waals surface area contributed by atoms with Crippen molar-refractivity contribution in [2.24, 2.45) is 5.84 Å². The lowest BCUT2D eigenvalue weighted by Crippen LogP contribution is -2.30. The zero-order valence-electron chi connectivity index (χ0n) is 11.7. The van der Waals surface area contributed by atoms with Crippen molar-refractivity contribution in [1.29, 1.82) is 0 Å². The third kappa shape index (κ3) is 2.63. The molecule has 0 saturated heterocycles. The molecule has 0 bridgehead atoms. The fourth-order valence-electron chi connectivity index (χ4n) is 2.46. The molecule has 0 aliphatic rings. The van der Waals surface area contributed by atoms with Crippen molar-refractivity contribution in [2.75, 3.05) is 0 Å². The van der Waals surface area contributed by atoms with Crippen molar-refractivity contribution in [3.8, 4) is 0 Å². The van der Waals surface area contributed by atoms with E-state index in [9.17, 15) is 4.39 Å². The second kappa shape index (κ2) is 5.60. The zero-order valence-corrected chi connectivity index (χ0v) is 11.7. The Morgan fingerprint density at radius 3 is 2.71 bits per heavy atom. The quantitative estimate of drug-likeness (QED) is 0.572. The minimum atomic E-state index is -0.477. The van der Waals surface area contributed by atoms with E-state index in [0.29, 0.717) is 11.3 Å². The molecule has 0 radical (unpaired) electrons. The molecule has 0 fully saturated rings. The van der Waals surface area contributed by atoms with Crippen molar-refractivity contribution in [2.45, 2.75) is 13.0 Å². The summed E-state index contributed by atoms with van der Waals surface area (Å²) < 4.78 is 14.1. The van der Waals surface area contributed by atoms with Gasteiger partial charge < -0.3 is 0 Å². The summed E-state index contributed by atoms with van der Waals surface area (Å²) in [6.07, 6.45) is 0. The highest BCUT2D eigenvalue weighted by Crippen LogP contribution is 2.25. The number of pyridine rings is 1. The summed E-state index contributed by atoms with van der Waals surface area (Å²) in [6.45, 7) is 1.92. The highest BCUT2D eigenvalue weighted by atomic mass is 19.1. The second-order valence-corrected chi connectivity index (χ2v) is 5.05. The standard InChI is InChI=1S/C17H16FN3/c1-11-6-8-14(18)13(10-11)17(21-19)16-9-7-12-4-2-3-5-15(12)20-16/h2-10,17,21H,19H2,1H3. The van der Waals surface area contributed by atoms with Crippen LogP contribution in [0, 0.1) is 12.7 Å². The Balaban J connectivity index is 2.11. The van der Waals surface area contributed by atoms with Gasteiger partial charge in [0, 0.05) is 10.9 Å². The predicted octanol–water partition coefficient (Wildman–Crippen LogP) is 3.24. The van der Waals surface area contributed by atoms with Crippen LogP contribution in [0.25, 0.3) is 10.9 Å². The van der Waals surface area contributed by atoms with Crippen LogP contribution in [-0.4, -0.2) is 4.98 Å². The van der Waals surface area contributed by atoms with Crippen LogP contribution in [0.1, 0.15) is 22.9 Å². The molecule has 3 N–H and O–H groups in total. The van der Waals surface area contributed by atoms with Crippen molar-refractivity contribution in [3.63, 3.8) is 0 Å². The molecule has 1 aromatic heterocycles. The second-order valence-electron chi connectivity index (χ2n) is 5.05. The minimum absolute atomic E-state index is 0.293. The van der Waals surface area contributed by atoms with Gasteiger partial charge in [-0.05, 0) is 25.1 Å². The summed E-state index contributed by atoms with van der Waals surface area (Å²) in [7, 11) is 0. The number of nitrogens with two attached hydrogens (primary N) is 1. The molecule has 0 aliphatic carbocycles. The van der Waals surface area contributed by atoms with Gasteiger partial charge in [-0.15, -0.1) is 0 Å². The summed E-state index contributed by atoms with van der Waals surface area (Å²) in [6, 6.07) is 16.1. The number of fused-ring (bicyclic) bond motifs is 1. The Kier molecular flexibility index (Phi) is 3.64. The molecule has 0 saturated carbocycles. The molecular formula is C17H16FN3. The molecule has 0 spiro atoms. The fourth-order valence-corrected chi connectivity index (χ4v) is 2.46. The number of nitrogens with zero attached hydrogens (tertiary/aromatic N) is 1. The summed E-state index contributed by atoms with van der Waals surface area (Å²) in [5, 5.41) is 1.04. The van der Waals surface area contributed by atoms with Gasteiger partial charge in [0.2, 0.25) is 0 Å². The number of para-hydroxylation sites is 1. The van der Waals surface area contributed by atoms with E-state index >= 15 is 0 Å². The van der Waals surface area contributed by atoms with Crippen molar-refractivity contribution >= 4 is 10.9 Å². The smallest absolute Gasteiger partial charge is 0.128 e. The number of hydrogen-bond donors (Lipinski definition) is 2. The molecule has 1 unspecified atom stereocenters. The lowest BCUT2D eigenvalue weighted by Gasteiger charge is -2.17. The van der Waals surface area contributed by atoms with Crippen LogP contribution < -0.4 is 11.3 Å². The zero-order chi connectivity index (χ0) is 14.8. The molecule has 106 valence electrons. The number of hydrogen-bond acceptors (Lipinski definition) is 3. The van der Waals surface area contributed by atoms with E-state index in [0.717, 1.165) is 16.5 Å². The summed E-state index contributed by atoms with van der Waals surface area (Å²) in [4.78, 5) is 4.58. The monoisotopic (exact) mass is 281 g/mol. The SMILES string of the molecule is Cc1ccc(F)c(C(NN)c2ccc3ccccc3n2)c1. The molecule has 3 aromatic rings. The number of nitrogens with one attached hydrogen (secondary N) is 1. The topological polar surface area (TPSA) is 50.9 Å². The summed E-state index contributed by atoms with van der Waals surface area (Å²) in [5.74, 6) is 5.35. The number of aromatic nitrogens is 1. The number of halogens is 1. The molecule has 1 atom stereocenters. The van der Waals surface area contributed by atoms with E-state index < -0.39 is 6.04 Å². The first-order valence-electron chi connectivity index (χ1n) is 6.77. The first-order valence-corrected chi connectivity index (χ1v) is 6.77. The average Bonchev–Trinajstić information content (AvgIpc) is 2.51. The van der Waals surface area contributed by atoms with E-state index in [2.05, 4.69) is 10.4 Å². The van der Waals surface area contributed by atoms with Crippen LogP contribution in [-0.2, 0) is 0 Å². The largest absolute Gasteiger partial charge is 0.271 e. The van der Waals surface area contributed by atoms with Gasteiger partial charge in [0.25, 0.3) is 0 Å². The average molecular weight is 281 g/mol. The maximum absolute atomic E-state index is 14.1. The molecule has 2 aromatic carbocycles. The maximum Gasteiger partial charge on any atom is 0.128 e. The molecule has 21 heavy (non-hydrogen) atoms. The number of rotatable bonds is 3. The number of benzene rings is 2. The van der Waals surface area contributed by atoms with Gasteiger partial charge in [-0.3, -0.25) is 10.8 Å². The third-order valence-electron chi connectivity index (χ3n) is 3.54. The first-order chi connectivity index (χ1) is 10.2. The number of aryl methyl sites for hydroxylation is 1. The Labute approximate surface area is 122 Å². The lowest BCUT2D eigenvalue weighted by molar-refractivity contribution is 0.553. The highest BCUT2D eigenvalue weighted by Gasteiger charge is 2.18. The third-order valence-corrected chi connectivity index (χ3v) is 3.54. The van der Waals surface area contributed by atoms with E-state index in [4.69, 9.17) is 5.84 Å². The predicted molar refractivity (Wildman–Crippen MR) is 82.0 cm³/mol. The molecular weight excluding hydrogens is 265 g/mol. The first kappa shape index (κ1) is 13.7. The normalized spacial score (nSPS) is 12.5. The van der Waals surface area contributed by atoms with Gasteiger partial charge in [0.15, 0.2) is 0 Å². The van der Waals surface area contributed by atoms with E-state index in [1.54, 1.807) is 12.1 Å². The summed E-state index contributed by atoms with van der Waals surface area (Å²) in [5.41, 5.74) is 5.70. The van der Waals surface area contributed by atoms with Crippen molar-refractivity contribution in [1.82, 2.24) is 10.4 Å². The van der Waals surface area contributed by atoms with Gasteiger partial charge >= 0.3 is 0 Å². The van der Waals surface area contributed by atoms with Gasteiger partial charge in [-0.2, -0.15) is 0 Å². The molecule has 4 heteroatoms. The Morgan fingerprint density at radius 2 is 1.90 bits per heavy atom. The van der Waals surface area contributed by atoms with E-state index in [1.165, 1.54) is 6.07 Å². The minimum Gasteiger partial charge on any atom is -0.271 e. The molecule has 3 rings (SSSR count). The maximum atomic E-state index is 14.1. The van der Waals surface area contributed by atoms with Crippen LogP contribution in [0.5, 0.6) is 0 Å². The van der Waals surface area contributed by atoms with Gasteiger partial charge in [-0.25, -0.2) is 9.82 Å². The molecule has 0 amide bonds. The Morgan fingerprint density at radius 1 is 1.10 bits per heavy atom. The summed E-state index contributed by atoms with van der Waals surface area (Å²) >= 11 is 0. The van der Waals surface area contributed by atoms with E-state index in [1.807, 2.05) is 43.3 Å². The van der Waals surface area contributed by atoms with Crippen molar-refractivity contribution in [3.05, 3.63) is 77.2 Å². The Bertz CT molecular complexity index is 786. The molecule has 0 aliphatic heterocycles. The fraction of sp³-hybridized carbons (Fsp3) is 0.118. The van der Waals surface area contributed by atoms with Crippen LogP contribution in [0.3, 0.4) is 0 Å². The highest BCUT2D eigenvalue weighted by molar-refractivity contribution is 5.78. The van der Waals surface area contributed by atoms with Gasteiger partial charge in [0.05, 0.1) is 17.3 Å². The molecule has 3 nitrogen and oxygen atoms in total. The molecule has 1 heterocycles. The Hall–Kier alpha value is -2.30. The number of hydrazine groups is 1.